The van der Waals surface area contributed by atoms with E-state index < -0.39 is 21.8 Å². The molecule has 0 saturated heterocycles. The van der Waals surface area contributed by atoms with Gasteiger partial charge in [-0.05, 0) is 74.0 Å². The monoisotopic (exact) mass is 560 g/mol. The van der Waals surface area contributed by atoms with Crippen molar-refractivity contribution >= 4 is 21.8 Å². The van der Waals surface area contributed by atoms with E-state index in [-0.39, 0.29) is 9.92 Å². The van der Waals surface area contributed by atoms with Crippen LogP contribution in [0.2, 0.25) is 0 Å². The third-order valence-corrected chi connectivity index (χ3v) is 7.10. The maximum atomic E-state index is 12.6. The van der Waals surface area contributed by atoms with Crippen LogP contribution >= 0.6 is 0 Å². The number of rotatable bonds is 12. The lowest BCUT2D eigenvalue weighted by atomic mass is 10.1. The molecule has 0 bridgehead atoms. The highest BCUT2D eigenvalue weighted by Gasteiger charge is 2.18. The Kier molecular flexibility index (Phi) is 12.2. The lowest BCUT2D eigenvalue weighted by Crippen LogP contribution is -2.23. The first kappa shape index (κ1) is 31.1. The van der Waals surface area contributed by atoms with Crippen molar-refractivity contribution < 1.29 is 42.4 Å². The van der Waals surface area contributed by atoms with Gasteiger partial charge in [0.25, 0.3) is 0 Å². The summed E-state index contributed by atoms with van der Waals surface area (Å²) in [6.07, 6.45) is 3.23. The number of methoxy groups -OCH3 is 2. The van der Waals surface area contributed by atoms with Crippen molar-refractivity contribution in [2.75, 3.05) is 41.0 Å². The molecule has 0 amide bonds. The molecular formula is C27H32N2O9S. The number of carboxylic acids is 2. The summed E-state index contributed by atoms with van der Waals surface area (Å²) in [6, 6.07) is 17.3. The zero-order valence-corrected chi connectivity index (χ0v) is 22.8. The summed E-state index contributed by atoms with van der Waals surface area (Å²) in [5, 5.41) is 14.8. The number of hydrogen-bond acceptors (Lipinski definition) is 9. The van der Waals surface area contributed by atoms with Gasteiger partial charge in [0.2, 0.25) is 9.84 Å². The Morgan fingerprint density at radius 3 is 2.13 bits per heavy atom. The van der Waals surface area contributed by atoms with Crippen LogP contribution in [0.3, 0.4) is 0 Å². The second-order valence-corrected chi connectivity index (χ2v) is 10.1. The van der Waals surface area contributed by atoms with Crippen LogP contribution < -0.4 is 14.2 Å². The minimum atomic E-state index is -3.62. The standard InChI is InChI=1S/C25H30N2O5S.C2H2O4/c1-27(17-14-20-8-13-23(30-2)24(19-20)31-3)16-6-18-32-21-9-11-22(12-10-21)33(28,29)25-7-4-5-15-26-25;3-1(4)2(5)6/h4-5,7-13,15,19H,6,14,16-18H2,1-3H3;(H,3,4)(H,5,6). The van der Waals surface area contributed by atoms with Gasteiger partial charge in [-0.1, -0.05) is 12.1 Å². The molecule has 0 fully saturated rings. The van der Waals surface area contributed by atoms with Crippen LogP contribution in [0.1, 0.15) is 12.0 Å². The van der Waals surface area contributed by atoms with Crippen molar-refractivity contribution in [2.45, 2.75) is 22.8 Å². The van der Waals surface area contributed by atoms with E-state index in [4.69, 9.17) is 34.0 Å². The molecule has 0 atom stereocenters. The predicted octanol–water partition coefficient (Wildman–Crippen LogP) is 3.03. The van der Waals surface area contributed by atoms with E-state index in [0.29, 0.717) is 12.4 Å². The molecule has 0 radical (unpaired) electrons. The van der Waals surface area contributed by atoms with Crippen molar-refractivity contribution in [3.8, 4) is 17.2 Å². The molecule has 0 aliphatic rings. The molecule has 3 aromatic rings. The molecule has 12 heteroatoms. The molecular weight excluding hydrogens is 528 g/mol. The third-order valence-electron chi connectivity index (χ3n) is 5.41. The number of aliphatic carboxylic acids is 2. The molecule has 2 aromatic carbocycles. The Morgan fingerprint density at radius 1 is 0.897 bits per heavy atom. The van der Waals surface area contributed by atoms with E-state index in [1.807, 2.05) is 12.1 Å². The summed E-state index contributed by atoms with van der Waals surface area (Å²) in [6.45, 7) is 2.35. The van der Waals surface area contributed by atoms with Gasteiger partial charge in [-0.25, -0.2) is 23.0 Å². The molecule has 210 valence electrons. The fraction of sp³-hybridized carbons (Fsp3) is 0.296. The van der Waals surface area contributed by atoms with Crippen LogP contribution in [-0.2, 0) is 25.8 Å². The van der Waals surface area contributed by atoms with Crippen molar-refractivity contribution in [3.05, 3.63) is 72.4 Å². The molecule has 39 heavy (non-hydrogen) atoms. The van der Waals surface area contributed by atoms with Gasteiger partial charge in [0.1, 0.15) is 5.75 Å². The summed E-state index contributed by atoms with van der Waals surface area (Å²) in [5.74, 6) is -1.54. The van der Waals surface area contributed by atoms with E-state index in [2.05, 4.69) is 23.0 Å². The average Bonchev–Trinajstić information content (AvgIpc) is 2.95. The number of likely N-dealkylation sites (N-methyl/N-ethyl adjacent to an activating group) is 1. The Labute approximate surface area is 227 Å². The lowest BCUT2D eigenvalue weighted by molar-refractivity contribution is -0.159. The Balaban J connectivity index is 0.000000798. The summed E-state index contributed by atoms with van der Waals surface area (Å²) in [7, 11) is 1.73. The highest BCUT2D eigenvalue weighted by Crippen LogP contribution is 2.27. The fourth-order valence-electron chi connectivity index (χ4n) is 3.33. The molecule has 0 aliphatic heterocycles. The van der Waals surface area contributed by atoms with E-state index in [1.165, 1.54) is 17.8 Å². The first-order valence-corrected chi connectivity index (χ1v) is 13.3. The van der Waals surface area contributed by atoms with Crippen LogP contribution in [0.15, 0.2) is 76.8 Å². The van der Waals surface area contributed by atoms with Crippen molar-refractivity contribution in [2.24, 2.45) is 0 Å². The summed E-state index contributed by atoms with van der Waals surface area (Å²) >= 11 is 0. The van der Waals surface area contributed by atoms with E-state index in [9.17, 15) is 8.42 Å². The largest absolute Gasteiger partial charge is 0.494 e. The third kappa shape index (κ3) is 9.91. The number of nitrogens with zero attached hydrogens (tertiary/aromatic N) is 2. The van der Waals surface area contributed by atoms with Crippen molar-refractivity contribution in [3.63, 3.8) is 0 Å². The number of carboxylic acid groups (broad SMARTS) is 2. The molecule has 11 nitrogen and oxygen atoms in total. The number of sulfone groups is 1. The van der Waals surface area contributed by atoms with Crippen molar-refractivity contribution in [1.29, 1.82) is 0 Å². The Morgan fingerprint density at radius 2 is 1.56 bits per heavy atom. The maximum Gasteiger partial charge on any atom is 0.414 e. The van der Waals surface area contributed by atoms with Gasteiger partial charge in [-0.15, -0.1) is 0 Å². The van der Waals surface area contributed by atoms with Gasteiger partial charge in [0.15, 0.2) is 16.5 Å². The highest BCUT2D eigenvalue weighted by atomic mass is 32.2. The van der Waals surface area contributed by atoms with Crippen molar-refractivity contribution in [1.82, 2.24) is 9.88 Å². The number of ether oxygens (including phenoxy) is 3. The minimum absolute atomic E-state index is 0.0368. The van der Waals surface area contributed by atoms with Gasteiger partial charge in [-0.2, -0.15) is 0 Å². The topological polar surface area (TPSA) is 153 Å². The van der Waals surface area contributed by atoms with Crippen LogP contribution in [0, 0.1) is 0 Å². The molecule has 2 N–H and O–H groups in total. The average molecular weight is 561 g/mol. The van der Waals surface area contributed by atoms with E-state index in [1.54, 1.807) is 50.6 Å². The number of carbonyl (C=O) groups is 2. The smallest absolute Gasteiger partial charge is 0.414 e. The van der Waals surface area contributed by atoms with Crippen LogP contribution in [0.5, 0.6) is 17.2 Å². The summed E-state index contributed by atoms with van der Waals surface area (Å²) < 4.78 is 41.6. The molecule has 0 saturated carbocycles. The second kappa shape index (κ2) is 15.3. The first-order valence-electron chi connectivity index (χ1n) is 11.8. The highest BCUT2D eigenvalue weighted by molar-refractivity contribution is 7.91. The summed E-state index contributed by atoms with van der Waals surface area (Å²) in [4.78, 5) is 24.6. The zero-order valence-electron chi connectivity index (χ0n) is 21.9. The Bertz CT molecular complexity index is 1300. The first-order chi connectivity index (χ1) is 18.6. The molecule has 0 unspecified atom stereocenters. The van der Waals surface area contributed by atoms with E-state index in [0.717, 1.165) is 37.4 Å². The van der Waals surface area contributed by atoms with Gasteiger partial charge in [0.05, 0.1) is 25.7 Å². The number of pyridine rings is 1. The SMILES string of the molecule is COc1ccc(CCN(C)CCCOc2ccc(S(=O)(=O)c3ccccn3)cc2)cc1OC.O=C(O)C(=O)O. The molecule has 1 heterocycles. The minimum Gasteiger partial charge on any atom is -0.494 e. The maximum absolute atomic E-state index is 12.6. The molecule has 1 aromatic heterocycles. The van der Waals surface area contributed by atoms with Crippen LogP contribution in [-0.4, -0.2) is 81.4 Å². The van der Waals surface area contributed by atoms with Gasteiger partial charge in [-0.3, -0.25) is 0 Å². The summed E-state index contributed by atoms with van der Waals surface area (Å²) in [5.41, 5.74) is 1.19. The number of aromatic nitrogens is 1. The fourth-order valence-corrected chi connectivity index (χ4v) is 4.53. The van der Waals surface area contributed by atoms with Gasteiger partial charge < -0.3 is 29.3 Å². The molecule has 0 spiro atoms. The normalized spacial score (nSPS) is 10.8. The second-order valence-electron chi connectivity index (χ2n) is 8.20. The lowest BCUT2D eigenvalue weighted by Gasteiger charge is -2.17. The molecule has 3 rings (SSSR count). The molecule has 0 aliphatic carbocycles. The Hall–Kier alpha value is -4.16. The quantitative estimate of drug-likeness (QED) is 0.248. The van der Waals surface area contributed by atoms with Gasteiger partial charge >= 0.3 is 11.9 Å². The van der Waals surface area contributed by atoms with Crippen LogP contribution in [0.4, 0.5) is 0 Å². The number of hydrogen-bond donors (Lipinski definition) is 2. The number of benzene rings is 2. The van der Waals surface area contributed by atoms with Gasteiger partial charge in [0, 0.05) is 19.3 Å². The predicted molar refractivity (Wildman–Crippen MR) is 142 cm³/mol. The van der Waals surface area contributed by atoms with E-state index >= 15 is 0 Å². The van der Waals surface area contributed by atoms with Crippen LogP contribution in [0.25, 0.3) is 0 Å². The zero-order chi connectivity index (χ0) is 28.8.